The van der Waals surface area contributed by atoms with E-state index in [4.69, 9.17) is 28.9 Å². The molecular formula is C55H67NO9Si3. The van der Waals surface area contributed by atoms with Crippen LogP contribution in [0, 0.1) is 11.3 Å². The van der Waals surface area contributed by atoms with Gasteiger partial charge in [-0.1, -0.05) is 121 Å². The Balaban J connectivity index is 0.945. The Kier molecular flexibility index (Phi) is 19.7. The molecule has 13 heteroatoms. The van der Waals surface area contributed by atoms with Gasteiger partial charge in [0, 0.05) is 24.2 Å². The predicted molar refractivity (Wildman–Crippen MR) is 277 cm³/mol. The second kappa shape index (κ2) is 25.3. The van der Waals surface area contributed by atoms with Crippen LogP contribution >= 0.6 is 0 Å². The molecule has 0 spiro atoms. The van der Waals surface area contributed by atoms with Gasteiger partial charge in [-0.05, 0) is 122 Å². The first-order valence-corrected chi connectivity index (χ1v) is 34.3. The van der Waals surface area contributed by atoms with E-state index in [0.29, 0.717) is 23.5 Å². The second-order valence-corrected chi connectivity index (χ2v) is 37.4. The molecule has 0 saturated carbocycles. The van der Waals surface area contributed by atoms with Crippen molar-refractivity contribution in [3.8, 4) is 34.8 Å². The van der Waals surface area contributed by atoms with Gasteiger partial charge in [0.1, 0.15) is 28.7 Å². The quantitative estimate of drug-likeness (QED) is 0.0240. The summed E-state index contributed by atoms with van der Waals surface area (Å²) in [6, 6.07) is 34.2. The average Bonchev–Trinajstić information content (AvgIpc) is 3.29. The normalized spacial score (nSPS) is 11.6. The Hall–Kier alpha value is -6.08. The van der Waals surface area contributed by atoms with Crippen molar-refractivity contribution in [2.24, 2.45) is 0 Å². The third kappa shape index (κ3) is 18.5. The standard InChI is InChI=1S/C55H67NO9Si3/c1-66(2,3)40-68(6,7)41-67(4,5)37-16-14-12-10-8-9-11-13-15-36-61-47-30-22-43(23-31-47)52(57)63-49-32-26-45(27-33-49)54(59)65-51-19-17-18-46(38-51)55(60)64-50-34-24-44(25-35-50)53(58)62-48-28-20-42(39-56)21-29-48/h17-35,38H,8-16,36-37,40-41H2,1-7H3. The fourth-order valence-corrected chi connectivity index (χ4v) is 34.4. The summed E-state index contributed by atoms with van der Waals surface area (Å²) >= 11 is 0. The highest BCUT2D eigenvalue weighted by Gasteiger charge is 2.35. The Morgan fingerprint density at radius 3 is 1.28 bits per heavy atom. The van der Waals surface area contributed by atoms with Crippen molar-refractivity contribution in [3.63, 3.8) is 0 Å². The highest BCUT2D eigenvalue weighted by atomic mass is 28.4. The van der Waals surface area contributed by atoms with Gasteiger partial charge in [-0.2, -0.15) is 5.26 Å². The monoisotopic (exact) mass is 969 g/mol. The molecule has 0 fully saturated rings. The van der Waals surface area contributed by atoms with Crippen molar-refractivity contribution in [1.82, 2.24) is 0 Å². The highest BCUT2D eigenvalue weighted by molar-refractivity contribution is 7.02. The second-order valence-electron chi connectivity index (χ2n) is 20.3. The summed E-state index contributed by atoms with van der Waals surface area (Å²) < 4.78 is 27.8. The number of benzene rings is 5. The van der Waals surface area contributed by atoms with E-state index >= 15 is 0 Å². The minimum Gasteiger partial charge on any atom is -0.494 e. The summed E-state index contributed by atoms with van der Waals surface area (Å²) in [7, 11) is -3.13. The van der Waals surface area contributed by atoms with Gasteiger partial charge < -0.3 is 23.7 Å². The van der Waals surface area contributed by atoms with E-state index in [9.17, 15) is 19.2 Å². The van der Waals surface area contributed by atoms with E-state index in [1.807, 2.05) is 6.07 Å². The molecule has 0 aliphatic rings. The molecule has 0 amide bonds. The fraction of sp³-hybridized carbons (Fsp3) is 0.364. The third-order valence-corrected chi connectivity index (χ3v) is 28.8. The van der Waals surface area contributed by atoms with E-state index in [1.54, 1.807) is 53.8 Å². The number of carbonyl (C=O) groups is 4. The Morgan fingerprint density at radius 2 is 0.824 bits per heavy atom. The van der Waals surface area contributed by atoms with Crippen molar-refractivity contribution in [2.45, 2.75) is 121 Å². The highest BCUT2D eigenvalue weighted by Crippen LogP contribution is 2.31. The zero-order valence-electron chi connectivity index (χ0n) is 40.9. The van der Waals surface area contributed by atoms with Crippen molar-refractivity contribution >= 4 is 48.1 Å². The number of carbonyl (C=O) groups excluding carboxylic acids is 4. The lowest BCUT2D eigenvalue weighted by Crippen LogP contribution is -2.44. The van der Waals surface area contributed by atoms with Gasteiger partial charge in [0.2, 0.25) is 0 Å². The third-order valence-electron chi connectivity index (χ3n) is 11.4. The predicted octanol–water partition coefficient (Wildman–Crippen LogP) is 14.2. The van der Waals surface area contributed by atoms with Crippen LogP contribution in [-0.2, 0) is 0 Å². The zero-order chi connectivity index (χ0) is 49.2. The van der Waals surface area contributed by atoms with Crippen LogP contribution in [0.4, 0.5) is 0 Å². The fourth-order valence-electron chi connectivity index (χ4n) is 8.97. The molecule has 0 aliphatic heterocycles. The van der Waals surface area contributed by atoms with E-state index in [-0.39, 0.29) is 39.7 Å². The smallest absolute Gasteiger partial charge is 0.343 e. The van der Waals surface area contributed by atoms with E-state index in [0.717, 1.165) is 12.8 Å². The van der Waals surface area contributed by atoms with E-state index in [2.05, 4.69) is 45.8 Å². The lowest BCUT2D eigenvalue weighted by Gasteiger charge is -2.36. The summed E-state index contributed by atoms with van der Waals surface area (Å²) in [5, 5.41) is 8.94. The molecule has 0 heterocycles. The first-order chi connectivity index (χ1) is 32.4. The molecule has 5 aromatic rings. The number of hydrogen-bond donors (Lipinski definition) is 0. The van der Waals surface area contributed by atoms with Crippen molar-refractivity contribution in [1.29, 1.82) is 5.26 Å². The maximum Gasteiger partial charge on any atom is 0.343 e. The molecule has 0 N–H and O–H groups in total. The SMILES string of the molecule is C[Si](C)(C)C[Si](C)(C)C[Si](C)(C)CCCCCCCCCCCOc1ccc(C(=O)Oc2ccc(C(=O)Oc3cccc(C(=O)Oc4ccc(C(=O)Oc5ccc(C#N)cc5)cc4)c3)cc2)cc1. The minimum atomic E-state index is -1.09. The van der Waals surface area contributed by atoms with Gasteiger partial charge >= 0.3 is 23.9 Å². The summed E-state index contributed by atoms with van der Waals surface area (Å²) in [5.74, 6) is -1.02. The molecule has 5 aromatic carbocycles. The number of nitriles is 1. The number of esters is 4. The molecule has 0 saturated heterocycles. The molecule has 10 nitrogen and oxygen atoms in total. The molecule has 0 atom stereocenters. The Bertz CT molecular complexity index is 2470. The van der Waals surface area contributed by atoms with Gasteiger partial charge in [0.05, 0.1) is 40.5 Å². The maximum atomic E-state index is 13.0. The van der Waals surface area contributed by atoms with Gasteiger partial charge in [0.15, 0.2) is 0 Å². The van der Waals surface area contributed by atoms with Crippen molar-refractivity contribution < 1.29 is 42.9 Å². The molecule has 0 bridgehead atoms. The maximum absolute atomic E-state index is 13.0. The first-order valence-electron chi connectivity index (χ1n) is 23.8. The lowest BCUT2D eigenvalue weighted by molar-refractivity contribution is 0.0712. The van der Waals surface area contributed by atoms with Crippen LogP contribution < -0.4 is 23.7 Å². The van der Waals surface area contributed by atoms with Gasteiger partial charge in [-0.3, -0.25) is 0 Å². The van der Waals surface area contributed by atoms with Gasteiger partial charge in [-0.25, -0.2) is 19.2 Å². The van der Waals surface area contributed by atoms with Crippen LogP contribution in [0.5, 0.6) is 28.7 Å². The lowest BCUT2D eigenvalue weighted by atomic mass is 10.1. The number of unbranched alkanes of at least 4 members (excludes halogenated alkanes) is 8. The van der Waals surface area contributed by atoms with Crippen LogP contribution in [0.2, 0.25) is 63.2 Å². The number of hydrogen-bond acceptors (Lipinski definition) is 10. The summed E-state index contributed by atoms with van der Waals surface area (Å²) in [6.45, 7) is 18.8. The van der Waals surface area contributed by atoms with E-state index in [1.165, 1.54) is 130 Å². The Labute approximate surface area is 406 Å². The first kappa shape index (κ1) is 52.9. The molecular weight excluding hydrogens is 903 g/mol. The summed E-state index contributed by atoms with van der Waals surface area (Å²) in [4.78, 5) is 51.3. The van der Waals surface area contributed by atoms with Crippen molar-refractivity contribution in [2.75, 3.05) is 6.61 Å². The largest absolute Gasteiger partial charge is 0.494 e. The van der Waals surface area contributed by atoms with Crippen LogP contribution in [0.15, 0.2) is 121 Å². The van der Waals surface area contributed by atoms with Crippen LogP contribution in [-0.4, -0.2) is 54.7 Å². The van der Waals surface area contributed by atoms with Crippen LogP contribution in [0.25, 0.3) is 0 Å². The van der Waals surface area contributed by atoms with Crippen LogP contribution in [0.3, 0.4) is 0 Å². The molecule has 0 radical (unpaired) electrons. The van der Waals surface area contributed by atoms with Crippen LogP contribution in [0.1, 0.15) is 105 Å². The number of nitrogens with zero attached hydrogens (tertiary/aromatic N) is 1. The molecule has 358 valence electrons. The van der Waals surface area contributed by atoms with Gasteiger partial charge in [0.25, 0.3) is 0 Å². The number of rotatable bonds is 25. The molecule has 0 aromatic heterocycles. The zero-order valence-corrected chi connectivity index (χ0v) is 43.9. The molecule has 0 aliphatic carbocycles. The summed E-state index contributed by atoms with van der Waals surface area (Å²) in [6.07, 6.45) is 11.5. The number of ether oxygens (including phenoxy) is 5. The molecule has 5 rings (SSSR count). The van der Waals surface area contributed by atoms with E-state index < -0.39 is 48.1 Å². The average molecular weight is 970 g/mol. The Morgan fingerprint density at radius 1 is 0.426 bits per heavy atom. The van der Waals surface area contributed by atoms with Gasteiger partial charge in [-0.15, -0.1) is 0 Å². The van der Waals surface area contributed by atoms with Crippen molar-refractivity contribution in [3.05, 3.63) is 149 Å². The topological polar surface area (TPSA) is 138 Å². The summed E-state index contributed by atoms with van der Waals surface area (Å²) in [5.41, 5.74) is 4.53. The minimum absolute atomic E-state index is 0.115. The molecule has 0 unspecified atom stereocenters. The molecule has 68 heavy (non-hydrogen) atoms.